The van der Waals surface area contributed by atoms with E-state index in [0.29, 0.717) is 28.3 Å². The van der Waals surface area contributed by atoms with Crippen molar-refractivity contribution in [2.45, 2.75) is 13.5 Å². The van der Waals surface area contributed by atoms with Gasteiger partial charge in [0.05, 0.1) is 18.6 Å². The van der Waals surface area contributed by atoms with Crippen molar-refractivity contribution in [2.24, 2.45) is 0 Å². The molecule has 0 aliphatic heterocycles. The topological polar surface area (TPSA) is 69.3 Å². The molecular weight excluding hydrogens is 355 g/mol. The van der Waals surface area contributed by atoms with Gasteiger partial charge in [0.15, 0.2) is 0 Å². The summed E-state index contributed by atoms with van der Waals surface area (Å²) in [5.74, 6) is -0.0754. The minimum absolute atomic E-state index is 0.109. The maximum absolute atomic E-state index is 13.3. The highest BCUT2D eigenvalue weighted by atomic mass is 32.1. The standard InChI is InChI=1S/C18H19FN4O2S/c1-11-7-14-17(26-11)18(25)21-15(20-14)9-22(2)10-16(24)23(3)13-6-4-5-12(19)8-13/h4-8H,9-10H2,1-3H3,(H,20,21,25). The first kappa shape index (κ1) is 18.2. The number of hydrogen-bond donors (Lipinski definition) is 1. The van der Waals surface area contributed by atoms with Gasteiger partial charge in [-0.15, -0.1) is 11.3 Å². The molecule has 0 aliphatic carbocycles. The molecule has 1 N–H and O–H groups in total. The second-order valence-corrected chi connectivity index (χ2v) is 7.45. The predicted octanol–water partition coefficient (Wildman–Crippen LogP) is 2.53. The number of amides is 1. The van der Waals surface area contributed by atoms with Crippen molar-refractivity contribution in [2.75, 3.05) is 25.5 Å². The summed E-state index contributed by atoms with van der Waals surface area (Å²) >= 11 is 1.41. The number of halogens is 1. The van der Waals surface area contributed by atoms with Gasteiger partial charge in [-0.1, -0.05) is 6.07 Å². The van der Waals surface area contributed by atoms with Crippen LogP contribution in [0.25, 0.3) is 10.2 Å². The maximum atomic E-state index is 13.3. The van der Waals surface area contributed by atoms with E-state index in [-0.39, 0.29) is 18.0 Å². The quantitative estimate of drug-likeness (QED) is 0.745. The normalized spacial score (nSPS) is 11.3. The van der Waals surface area contributed by atoms with E-state index in [9.17, 15) is 14.0 Å². The first-order valence-corrected chi connectivity index (χ1v) is 8.85. The number of carbonyl (C=O) groups is 1. The fourth-order valence-corrected chi connectivity index (χ4v) is 3.51. The molecule has 1 amide bonds. The monoisotopic (exact) mass is 374 g/mol. The number of nitrogens with zero attached hydrogens (tertiary/aromatic N) is 3. The van der Waals surface area contributed by atoms with Crippen LogP contribution >= 0.6 is 11.3 Å². The third-order valence-corrected chi connectivity index (χ3v) is 4.99. The Morgan fingerprint density at radius 3 is 2.81 bits per heavy atom. The second kappa shape index (κ2) is 7.35. The minimum Gasteiger partial charge on any atom is -0.314 e. The number of aromatic amines is 1. The molecule has 3 aromatic rings. The molecular formula is C18H19FN4O2S. The van der Waals surface area contributed by atoms with Crippen LogP contribution in [0.5, 0.6) is 0 Å². The number of likely N-dealkylation sites (N-methyl/N-ethyl adjacent to an activating group) is 2. The van der Waals surface area contributed by atoms with Crippen molar-refractivity contribution in [3.63, 3.8) is 0 Å². The molecule has 0 aliphatic rings. The molecule has 0 radical (unpaired) electrons. The van der Waals surface area contributed by atoms with Gasteiger partial charge in [0, 0.05) is 17.6 Å². The number of benzene rings is 1. The molecule has 3 rings (SSSR count). The van der Waals surface area contributed by atoms with Gasteiger partial charge < -0.3 is 9.88 Å². The molecule has 0 saturated heterocycles. The van der Waals surface area contributed by atoms with Crippen molar-refractivity contribution >= 4 is 33.1 Å². The van der Waals surface area contributed by atoms with E-state index in [1.807, 2.05) is 13.0 Å². The third-order valence-electron chi connectivity index (χ3n) is 3.95. The molecule has 0 saturated carbocycles. The van der Waals surface area contributed by atoms with Crippen LogP contribution in [0.15, 0.2) is 35.1 Å². The number of thiophene rings is 1. The fourth-order valence-electron chi connectivity index (χ4n) is 2.66. The smallest absolute Gasteiger partial charge is 0.268 e. The molecule has 0 fully saturated rings. The Morgan fingerprint density at radius 2 is 2.08 bits per heavy atom. The van der Waals surface area contributed by atoms with Crippen LogP contribution in [0, 0.1) is 12.7 Å². The van der Waals surface area contributed by atoms with E-state index in [4.69, 9.17) is 0 Å². The van der Waals surface area contributed by atoms with Crippen molar-refractivity contribution in [1.82, 2.24) is 14.9 Å². The van der Waals surface area contributed by atoms with Gasteiger partial charge in [-0.05, 0) is 38.2 Å². The van der Waals surface area contributed by atoms with Crippen LogP contribution in [0.1, 0.15) is 10.7 Å². The van der Waals surface area contributed by atoms with E-state index in [0.717, 1.165) is 4.88 Å². The highest BCUT2D eigenvalue weighted by Gasteiger charge is 2.15. The molecule has 0 atom stereocenters. The SMILES string of the molecule is Cc1cc2nc(CN(C)CC(=O)N(C)c3cccc(F)c3)[nH]c(=O)c2s1. The van der Waals surface area contributed by atoms with E-state index < -0.39 is 5.82 Å². The van der Waals surface area contributed by atoms with Crippen LogP contribution in [0.2, 0.25) is 0 Å². The van der Waals surface area contributed by atoms with Gasteiger partial charge in [-0.25, -0.2) is 9.37 Å². The molecule has 6 nitrogen and oxygen atoms in total. The number of aryl methyl sites for hydroxylation is 1. The number of anilines is 1. The zero-order valence-corrected chi connectivity index (χ0v) is 15.6. The minimum atomic E-state index is -0.392. The van der Waals surface area contributed by atoms with Crippen LogP contribution in [0.3, 0.4) is 0 Å². The highest BCUT2D eigenvalue weighted by Crippen LogP contribution is 2.19. The van der Waals surface area contributed by atoms with Crippen LogP contribution in [-0.4, -0.2) is 41.4 Å². The summed E-state index contributed by atoms with van der Waals surface area (Å²) in [7, 11) is 3.37. The number of carbonyl (C=O) groups excluding carboxylic acids is 1. The Morgan fingerprint density at radius 1 is 1.31 bits per heavy atom. The zero-order valence-electron chi connectivity index (χ0n) is 14.7. The second-order valence-electron chi connectivity index (χ2n) is 6.19. The van der Waals surface area contributed by atoms with Gasteiger partial charge in [0.2, 0.25) is 5.91 Å². The lowest BCUT2D eigenvalue weighted by Crippen LogP contribution is -2.36. The van der Waals surface area contributed by atoms with E-state index in [1.165, 1.54) is 28.4 Å². The summed E-state index contributed by atoms with van der Waals surface area (Å²) in [4.78, 5) is 35.9. The summed E-state index contributed by atoms with van der Waals surface area (Å²) in [6, 6.07) is 7.75. The largest absolute Gasteiger partial charge is 0.314 e. The third kappa shape index (κ3) is 3.97. The van der Waals surface area contributed by atoms with E-state index in [1.54, 1.807) is 31.1 Å². The number of rotatable bonds is 5. The molecule has 8 heteroatoms. The maximum Gasteiger partial charge on any atom is 0.268 e. The van der Waals surface area contributed by atoms with Crippen molar-refractivity contribution in [1.29, 1.82) is 0 Å². The van der Waals surface area contributed by atoms with Gasteiger partial charge in [-0.2, -0.15) is 0 Å². The van der Waals surface area contributed by atoms with E-state index >= 15 is 0 Å². The average molecular weight is 374 g/mol. The summed E-state index contributed by atoms with van der Waals surface area (Å²) in [5, 5.41) is 0. The highest BCUT2D eigenvalue weighted by molar-refractivity contribution is 7.18. The summed E-state index contributed by atoms with van der Waals surface area (Å²) in [6.07, 6.45) is 0. The number of hydrogen-bond acceptors (Lipinski definition) is 5. The summed E-state index contributed by atoms with van der Waals surface area (Å²) < 4.78 is 13.9. The Bertz CT molecular complexity index is 1010. The van der Waals surface area contributed by atoms with E-state index in [2.05, 4.69) is 9.97 Å². The fraction of sp³-hybridized carbons (Fsp3) is 0.278. The Kier molecular flexibility index (Phi) is 5.15. The van der Waals surface area contributed by atoms with Crippen LogP contribution < -0.4 is 10.5 Å². The first-order valence-electron chi connectivity index (χ1n) is 8.03. The molecule has 0 bridgehead atoms. The lowest BCUT2D eigenvalue weighted by molar-refractivity contribution is -0.119. The number of fused-ring (bicyclic) bond motifs is 1. The number of nitrogens with one attached hydrogen (secondary N) is 1. The first-order chi connectivity index (χ1) is 12.3. The Labute approximate surface area is 153 Å². The molecule has 1 aromatic carbocycles. The molecule has 2 aromatic heterocycles. The molecule has 0 spiro atoms. The molecule has 26 heavy (non-hydrogen) atoms. The Hall–Kier alpha value is -2.58. The van der Waals surface area contributed by atoms with Crippen molar-refractivity contribution < 1.29 is 9.18 Å². The van der Waals surface area contributed by atoms with Gasteiger partial charge in [0.25, 0.3) is 5.56 Å². The number of H-pyrrole nitrogens is 1. The molecule has 2 heterocycles. The van der Waals surface area contributed by atoms with Gasteiger partial charge >= 0.3 is 0 Å². The van der Waals surface area contributed by atoms with Gasteiger partial charge in [-0.3, -0.25) is 14.5 Å². The lowest BCUT2D eigenvalue weighted by atomic mass is 10.3. The van der Waals surface area contributed by atoms with Gasteiger partial charge in [0.1, 0.15) is 16.3 Å². The lowest BCUT2D eigenvalue weighted by Gasteiger charge is -2.21. The summed E-state index contributed by atoms with van der Waals surface area (Å²) in [5.41, 5.74) is 0.993. The van der Waals surface area contributed by atoms with Crippen LogP contribution in [0.4, 0.5) is 10.1 Å². The van der Waals surface area contributed by atoms with Crippen LogP contribution in [-0.2, 0) is 11.3 Å². The van der Waals surface area contributed by atoms with Crippen molar-refractivity contribution in [3.8, 4) is 0 Å². The van der Waals surface area contributed by atoms with Crippen molar-refractivity contribution in [3.05, 3.63) is 57.2 Å². The Balaban J connectivity index is 1.69. The number of aromatic nitrogens is 2. The molecule has 0 unspecified atom stereocenters. The predicted molar refractivity (Wildman–Crippen MR) is 101 cm³/mol. The molecule has 136 valence electrons. The zero-order chi connectivity index (χ0) is 18.8. The summed E-state index contributed by atoms with van der Waals surface area (Å²) in [6.45, 7) is 2.36. The average Bonchev–Trinajstić information content (AvgIpc) is 2.94.